The van der Waals surface area contributed by atoms with Crippen molar-refractivity contribution in [2.75, 3.05) is 6.54 Å². The van der Waals surface area contributed by atoms with Crippen molar-refractivity contribution in [3.8, 4) is 5.75 Å². The number of hydrogen-bond acceptors (Lipinski definition) is 5. The molecule has 0 aliphatic carbocycles. The molecule has 1 N–H and O–H groups in total. The highest BCUT2D eigenvalue weighted by Gasteiger charge is 2.30. The van der Waals surface area contributed by atoms with E-state index in [0.29, 0.717) is 25.4 Å². The first-order valence-corrected chi connectivity index (χ1v) is 5.84. The topological polar surface area (TPSA) is 60.2 Å². The Balaban J connectivity index is 1.73. The van der Waals surface area contributed by atoms with E-state index in [0.717, 1.165) is 5.56 Å². The zero-order chi connectivity index (χ0) is 14.4. The Morgan fingerprint density at radius 3 is 2.55 bits per heavy atom. The van der Waals surface area contributed by atoms with Gasteiger partial charge in [-0.3, -0.25) is 0 Å². The van der Waals surface area contributed by atoms with E-state index in [1.54, 1.807) is 12.1 Å². The molecule has 5 nitrogen and oxygen atoms in total. The molecule has 0 unspecified atom stereocenters. The molecule has 2 aromatic rings. The van der Waals surface area contributed by atoms with Crippen molar-refractivity contribution < 1.29 is 22.4 Å². The Labute approximate surface area is 112 Å². The van der Waals surface area contributed by atoms with E-state index < -0.39 is 6.36 Å². The zero-order valence-electron chi connectivity index (χ0n) is 10.4. The summed E-state index contributed by atoms with van der Waals surface area (Å²) in [7, 11) is 0. The highest BCUT2D eigenvalue weighted by atomic mass is 19.4. The number of hydrogen-bond donors (Lipinski definition) is 1. The van der Waals surface area contributed by atoms with E-state index >= 15 is 0 Å². The van der Waals surface area contributed by atoms with Gasteiger partial charge < -0.3 is 14.6 Å². The minimum Gasteiger partial charge on any atom is -0.406 e. The SMILES string of the molecule is FC(F)(F)Oc1ccc(CNCCc2ncno2)cc1. The molecule has 0 atom stereocenters. The maximum Gasteiger partial charge on any atom is 0.573 e. The third kappa shape index (κ3) is 4.88. The number of alkyl halides is 3. The van der Waals surface area contributed by atoms with Crippen LogP contribution in [-0.2, 0) is 13.0 Å². The summed E-state index contributed by atoms with van der Waals surface area (Å²) in [5.74, 6) is 0.304. The number of nitrogens with one attached hydrogen (secondary N) is 1. The van der Waals surface area contributed by atoms with E-state index in [2.05, 4.69) is 20.2 Å². The van der Waals surface area contributed by atoms with Crippen LogP contribution in [0.1, 0.15) is 11.5 Å². The normalized spacial score (nSPS) is 11.6. The van der Waals surface area contributed by atoms with Crippen LogP contribution in [0.3, 0.4) is 0 Å². The van der Waals surface area contributed by atoms with Gasteiger partial charge in [-0.25, -0.2) is 0 Å². The van der Waals surface area contributed by atoms with Crippen molar-refractivity contribution in [2.24, 2.45) is 0 Å². The molecule has 0 saturated carbocycles. The van der Waals surface area contributed by atoms with Crippen LogP contribution < -0.4 is 10.1 Å². The first-order chi connectivity index (χ1) is 9.53. The van der Waals surface area contributed by atoms with Gasteiger partial charge in [0.2, 0.25) is 5.89 Å². The Morgan fingerprint density at radius 2 is 1.95 bits per heavy atom. The lowest BCUT2D eigenvalue weighted by molar-refractivity contribution is -0.274. The summed E-state index contributed by atoms with van der Waals surface area (Å²) >= 11 is 0. The number of aromatic nitrogens is 2. The molecule has 108 valence electrons. The second kappa shape index (κ2) is 6.38. The van der Waals surface area contributed by atoms with Gasteiger partial charge in [-0.15, -0.1) is 13.2 Å². The molecule has 1 aromatic heterocycles. The van der Waals surface area contributed by atoms with Crippen LogP contribution in [0, 0.1) is 0 Å². The molecule has 8 heteroatoms. The molecule has 1 aromatic carbocycles. The van der Waals surface area contributed by atoms with Gasteiger partial charge in [0.05, 0.1) is 0 Å². The van der Waals surface area contributed by atoms with Crippen molar-refractivity contribution >= 4 is 0 Å². The molecule has 2 rings (SSSR count). The first-order valence-electron chi connectivity index (χ1n) is 5.84. The van der Waals surface area contributed by atoms with Crippen molar-refractivity contribution in [2.45, 2.75) is 19.3 Å². The third-order valence-electron chi connectivity index (χ3n) is 2.41. The number of benzene rings is 1. The lowest BCUT2D eigenvalue weighted by Crippen LogP contribution is -2.18. The smallest absolute Gasteiger partial charge is 0.406 e. The minimum absolute atomic E-state index is 0.230. The molecule has 0 bridgehead atoms. The fourth-order valence-corrected chi connectivity index (χ4v) is 1.54. The first kappa shape index (κ1) is 14.3. The lowest BCUT2D eigenvalue weighted by Gasteiger charge is -2.09. The molecule has 20 heavy (non-hydrogen) atoms. The maximum atomic E-state index is 12.0. The van der Waals surface area contributed by atoms with Crippen molar-refractivity contribution in [3.63, 3.8) is 0 Å². The van der Waals surface area contributed by atoms with Crippen LogP contribution in [0.25, 0.3) is 0 Å². The zero-order valence-corrected chi connectivity index (χ0v) is 10.4. The van der Waals surface area contributed by atoms with E-state index in [1.807, 2.05) is 0 Å². The highest BCUT2D eigenvalue weighted by Crippen LogP contribution is 2.22. The number of halogens is 3. The minimum atomic E-state index is -4.66. The van der Waals surface area contributed by atoms with Crippen LogP contribution in [-0.4, -0.2) is 23.0 Å². The Bertz CT molecular complexity index is 512. The molecule has 0 aliphatic heterocycles. The monoisotopic (exact) mass is 287 g/mol. The predicted octanol–water partition coefficient (Wildman–Crippen LogP) is 2.30. The highest BCUT2D eigenvalue weighted by molar-refractivity contribution is 5.27. The average Bonchev–Trinajstić information content (AvgIpc) is 2.88. The summed E-state index contributed by atoms with van der Waals surface area (Å²) in [5.41, 5.74) is 0.852. The molecule has 0 radical (unpaired) electrons. The number of rotatable bonds is 6. The molecular weight excluding hydrogens is 275 g/mol. The summed E-state index contributed by atoms with van der Waals surface area (Å²) in [6.45, 7) is 1.16. The standard InChI is InChI=1S/C12H12F3N3O2/c13-12(14,15)19-10-3-1-9(2-4-10)7-16-6-5-11-17-8-18-20-11/h1-4,8,16H,5-7H2. The van der Waals surface area contributed by atoms with Gasteiger partial charge in [-0.1, -0.05) is 17.3 Å². The summed E-state index contributed by atoms with van der Waals surface area (Å²) < 4.78 is 44.5. The summed E-state index contributed by atoms with van der Waals surface area (Å²) in [4.78, 5) is 3.87. The maximum absolute atomic E-state index is 12.0. The van der Waals surface area contributed by atoms with Gasteiger partial charge in [-0.2, -0.15) is 4.98 Å². The van der Waals surface area contributed by atoms with Gasteiger partial charge in [0.25, 0.3) is 0 Å². The average molecular weight is 287 g/mol. The van der Waals surface area contributed by atoms with Gasteiger partial charge >= 0.3 is 6.36 Å². The molecule has 1 heterocycles. The number of nitrogens with zero attached hydrogens (tertiary/aromatic N) is 2. The van der Waals surface area contributed by atoms with Gasteiger partial charge in [0, 0.05) is 19.5 Å². The van der Waals surface area contributed by atoms with E-state index in [4.69, 9.17) is 4.52 Å². The molecule has 0 saturated heterocycles. The summed E-state index contributed by atoms with van der Waals surface area (Å²) in [6, 6.07) is 5.70. The molecule has 0 amide bonds. The number of ether oxygens (including phenoxy) is 1. The van der Waals surface area contributed by atoms with Crippen LogP contribution >= 0.6 is 0 Å². The fraction of sp³-hybridized carbons (Fsp3) is 0.333. The molecular formula is C12H12F3N3O2. The largest absolute Gasteiger partial charge is 0.573 e. The van der Waals surface area contributed by atoms with Crippen molar-refractivity contribution in [3.05, 3.63) is 42.0 Å². The van der Waals surface area contributed by atoms with Crippen molar-refractivity contribution in [1.82, 2.24) is 15.5 Å². The van der Waals surface area contributed by atoms with E-state index in [9.17, 15) is 13.2 Å². The Kier molecular flexibility index (Phi) is 4.57. The molecule has 0 fully saturated rings. The van der Waals surface area contributed by atoms with Gasteiger partial charge in [0.1, 0.15) is 5.75 Å². The van der Waals surface area contributed by atoms with E-state index in [1.165, 1.54) is 18.5 Å². The van der Waals surface area contributed by atoms with Crippen LogP contribution in [0.2, 0.25) is 0 Å². The van der Waals surface area contributed by atoms with Crippen LogP contribution in [0.15, 0.2) is 35.1 Å². The lowest BCUT2D eigenvalue weighted by atomic mass is 10.2. The van der Waals surface area contributed by atoms with Gasteiger partial charge in [-0.05, 0) is 17.7 Å². The molecule has 0 aliphatic rings. The summed E-state index contributed by atoms with van der Waals surface area (Å²) in [5, 5.41) is 6.60. The second-order valence-corrected chi connectivity index (χ2v) is 3.95. The molecule has 0 spiro atoms. The third-order valence-corrected chi connectivity index (χ3v) is 2.41. The fourth-order valence-electron chi connectivity index (χ4n) is 1.54. The van der Waals surface area contributed by atoms with Crippen LogP contribution in [0.5, 0.6) is 5.75 Å². The quantitative estimate of drug-likeness (QED) is 0.826. The van der Waals surface area contributed by atoms with Gasteiger partial charge in [0.15, 0.2) is 6.33 Å². The van der Waals surface area contributed by atoms with Crippen molar-refractivity contribution in [1.29, 1.82) is 0 Å². The Hall–Kier alpha value is -2.09. The summed E-state index contributed by atoms with van der Waals surface area (Å²) in [6.07, 6.45) is -2.74. The predicted molar refractivity (Wildman–Crippen MR) is 62.8 cm³/mol. The van der Waals surface area contributed by atoms with E-state index in [-0.39, 0.29) is 5.75 Å². The second-order valence-electron chi connectivity index (χ2n) is 3.95. The van der Waals surface area contributed by atoms with Crippen LogP contribution in [0.4, 0.5) is 13.2 Å². The Morgan fingerprint density at radius 1 is 1.20 bits per heavy atom.